The lowest BCUT2D eigenvalue weighted by molar-refractivity contribution is -0.385. The van der Waals surface area contributed by atoms with Crippen molar-refractivity contribution < 1.29 is 19.7 Å². The predicted molar refractivity (Wildman–Crippen MR) is 120 cm³/mol. The summed E-state index contributed by atoms with van der Waals surface area (Å²) in [6.45, 7) is 0. The van der Waals surface area contributed by atoms with Crippen molar-refractivity contribution in [3.63, 3.8) is 0 Å². The lowest BCUT2D eigenvalue weighted by atomic mass is 10.0. The second-order valence-corrected chi connectivity index (χ2v) is 6.93. The summed E-state index contributed by atoms with van der Waals surface area (Å²) < 4.78 is 0. The zero-order chi connectivity index (χ0) is 23.5. The van der Waals surface area contributed by atoms with E-state index in [4.69, 9.17) is 0 Å². The Kier molecular flexibility index (Phi) is 5.51. The molecule has 0 aliphatic heterocycles. The number of carbonyl (C=O) groups excluding carboxylic acids is 1. The molecule has 11 nitrogen and oxygen atoms in total. The number of nitrogens with zero attached hydrogens (tertiary/aromatic N) is 3. The van der Waals surface area contributed by atoms with Gasteiger partial charge in [-0.2, -0.15) is 5.10 Å². The first-order valence-corrected chi connectivity index (χ1v) is 9.51. The van der Waals surface area contributed by atoms with Crippen molar-refractivity contribution in [3.05, 3.63) is 98.2 Å². The summed E-state index contributed by atoms with van der Waals surface area (Å²) in [6.07, 6.45) is 1.08. The Morgan fingerprint density at radius 1 is 0.970 bits per heavy atom. The van der Waals surface area contributed by atoms with Crippen molar-refractivity contribution in [1.82, 2.24) is 10.4 Å². The van der Waals surface area contributed by atoms with Crippen LogP contribution >= 0.6 is 0 Å². The van der Waals surface area contributed by atoms with Crippen molar-refractivity contribution in [2.75, 3.05) is 0 Å². The van der Waals surface area contributed by atoms with Crippen LogP contribution in [0, 0.1) is 20.2 Å². The number of hydrogen-bond donors (Lipinski definition) is 3. The molecule has 0 aliphatic carbocycles. The van der Waals surface area contributed by atoms with E-state index in [2.05, 4.69) is 15.5 Å². The zero-order valence-electron chi connectivity index (χ0n) is 16.8. The summed E-state index contributed by atoms with van der Waals surface area (Å²) in [6, 6.07) is 16.5. The SMILES string of the molecule is O=C(N/N=C/c1cc([N+](=O)[O-])ccc1O)c1[nH]c2ccc([N+](=O)[O-])cc2c1-c1ccccc1. The topological polar surface area (TPSA) is 164 Å². The lowest BCUT2D eigenvalue weighted by Gasteiger charge is -2.04. The number of phenolic OH excluding ortho intramolecular Hbond substituents is 1. The van der Waals surface area contributed by atoms with Crippen LogP contribution in [0.4, 0.5) is 11.4 Å². The number of fused-ring (bicyclic) bond motifs is 1. The van der Waals surface area contributed by atoms with Gasteiger partial charge in [-0.05, 0) is 17.7 Å². The van der Waals surface area contributed by atoms with Crippen LogP contribution < -0.4 is 5.43 Å². The molecule has 0 fully saturated rings. The molecule has 164 valence electrons. The largest absolute Gasteiger partial charge is 0.507 e. The number of carbonyl (C=O) groups is 1. The van der Waals surface area contributed by atoms with Gasteiger partial charge in [0.2, 0.25) is 0 Å². The number of nitro groups is 2. The van der Waals surface area contributed by atoms with Gasteiger partial charge >= 0.3 is 0 Å². The number of hydrazone groups is 1. The van der Waals surface area contributed by atoms with Crippen LogP contribution in [0.5, 0.6) is 5.75 Å². The monoisotopic (exact) mass is 445 g/mol. The van der Waals surface area contributed by atoms with Gasteiger partial charge in [0.1, 0.15) is 11.4 Å². The van der Waals surface area contributed by atoms with Crippen molar-refractivity contribution in [2.45, 2.75) is 0 Å². The number of rotatable bonds is 6. The molecular weight excluding hydrogens is 430 g/mol. The summed E-state index contributed by atoms with van der Waals surface area (Å²) in [5, 5.41) is 36.3. The molecule has 33 heavy (non-hydrogen) atoms. The molecule has 4 rings (SSSR count). The fourth-order valence-electron chi connectivity index (χ4n) is 3.34. The maximum atomic E-state index is 12.9. The second-order valence-electron chi connectivity index (χ2n) is 6.93. The number of nitrogens with one attached hydrogen (secondary N) is 2. The molecule has 0 radical (unpaired) electrons. The molecule has 1 aromatic heterocycles. The van der Waals surface area contributed by atoms with E-state index in [1.165, 1.54) is 18.2 Å². The molecule has 1 amide bonds. The maximum Gasteiger partial charge on any atom is 0.288 e. The Morgan fingerprint density at radius 3 is 2.33 bits per heavy atom. The van der Waals surface area contributed by atoms with Gasteiger partial charge in [-0.3, -0.25) is 25.0 Å². The van der Waals surface area contributed by atoms with Gasteiger partial charge < -0.3 is 10.1 Å². The van der Waals surface area contributed by atoms with Gasteiger partial charge in [-0.25, -0.2) is 5.43 Å². The average molecular weight is 445 g/mol. The third-order valence-corrected chi connectivity index (χ3v) is 4.87. The number of phenols is 1. The van der Waals surface area contributed by atoms with E-state index in [0.717, 1.165) is 24.4 Å². The number of H-pyrrole nitrogens is 1. The molecule has 0 spiro atoms. The minimum atomic E-state index is -0.645. The molecule has 11 heteroatoms. The highest BCUT2D eigenvalue weighted by Gasteiger charge is 2.21. The average Bonchev–Trinajstić information content (AvgIpc) is 3.19. The minimum Gasteiger partial charge on any atom is -0.507 e. The van der Waals surface area contributed by atoms with Crippen LogP contribution in [-0.2, 0) is 0 Å². The summed E-state index contributed by atoms with van der Waals surface area (Å²) in [5.41, 5.74) is 3.75. The predicted octanol–water partition coefficient (Wildman–Crippen LogP) is 4.12. The third-order valence-electron chi connectivity index (χ3n) is 4.87. The Hall–Kier alpha value is -5.06. The highest BCUT2D eigenvalue weighted by atomic mass is 16.6. The molecule has 0 atom stereocenters. The van der Waals surface area contributed by atoms with Gasteiger partial charge in [0.05, 0.1) is 16.1 Å². The summed E-state index contributed by atoms with van der Waals surface area (Å²) in [7, 11) is 0. The van der Waals surface area contributed by atoms with E-state index in [1.807, 2.05) is 0 Å². The van der Waals surface area contributed by atoms with Gasteiger partial charge in [-0.15, -0.1) is 0 Å². The second kappa shape index (κ2) is 8.59. The summed E-state index contributed by atoms with van der Waals surface area (Å²) in [5.74, 6) is -0.893. The number of nitro benzene ring substituents is 2. The van der Waals surface area contributed by atoms with Crippen LogP contribution in [0.25, 0.3) is 22.0 Å². The number of non-ortho nitro benzene ring substituents is 2. The van der Waals surface area contributed by atoms with E-state index >= 15 is 0 Å². The zero-order valence-corrected chi connectivity index (χ0v) is 16.8. The molecule has 4 aromatic rings. The molecule has 0 saturated carbocycles. The number of aromatic amines is 1. The minimum absolute atomic E-state index is 0.0417. The van der Waals surface area contributed by atoms with Crippen LogP contribution in [0.15, 0.2) is 71.8 Å². The molecule has 0 saturated heterocycles. The Morgan fingerprint density at radius 2 is 1.64 bits per heavy atom. The van der Waals surface area contributed by atoms with E-state index in [-0.39, 0.29) is 28.4 Å². The molecule has 0 aliphatic rings. The molecule has 0 unspecified atom stereocenters. The Bertz CT molecular complexity index is 1430. The highest BCUT2D eigenvalue weighted by molar-refractivity contribution is 6.10. The number of benzene rings is 3. The molecule has 3 N–H and O–H groups in total. The van der Waals surface area contributed by atoms with Crippen molar-refractivity contribution in [3.8, 4) is 16.9 Å². The summed E-state index contributed by atoms with van der Waals surface area (Å²) in [4.78, 5) is 36.9. The first-order valence-electron chi connectivity index (χ1n) is 9.51. The summed E-state index contributed by atoms with van der Waals surface area (Å²) >= 11 is 0. The molecular formula is C22H15N5O6. The molecule has 1 heterocycles. The number of aromatic hydroxyl groups is 1. The van der Waals surface area contributed by atoms with Crippen LogP contribution in [0.1, 0.15) is 16.1 Å². The van der Waals surface area contributed by atoms with Crippen molar-refractivity contribution in [2.24, 2.45) is 5.10 Å². The van der Waals surface area contributed by atoms with Gasteiger partial charge in [-0.1, -0.05) is 30.3 Å². The van der Waals surface area contributed by atoms with E-state index in [9.17, 15) is 30.1 Å². The van der Waals surface area contributed by atoms with Gasteiger partial charge in [0.25, 0.3) is 17.3 Å². The van der Waals surface area contributed by atoms with Crippen molar-refractivity contribution >= 4 is 34.4 Å². The highest BCUT2D eigenvalue weighted by Crippen LogP contribution is 2.34. The number of amides is 1. The van der Waals surface area contributed by atoms with Crippen LogP contribution in [-0.4, -0.2) is 32.1 Å². The first-order chi connectivity index (χ1) is 15.8. The van der Waals surface area contributed by atoms with Crippen LogP contribution in [0.3, 0.4) is 0 Å². The first kappa shape index (κ1) is 21.2. The fraction of sp³-hybridized carbons (Fsp3) is 0. The lowest BCUT2D eigenvalue weighted by Crippen LogP contribution is -2.18. The quantitative estimate of drug-likeness (QED) is 0.229. The normalized spacial score (nSPS) is 11.0. The van der Waals surface area contributed by atoms with E-state index in [1.54, 1.807) is 30.3 Å². The van der Waals surface area contributed by atoms with Gasteiger partial charge in [0, 0.05) is 46.3 Å². The standard InChI is InChI=1S/C22H15N5O6/c28-19-9-7-15(26(30)31)10-14(19)12-23-25-22(29)21-20(13-4-2-1-3-5-13)17-11-16(27(32)33)6-8-18(17)24-21/h1-12,24,28H,(H,25,29)/b23-12+. The fourth-order valence-corrected chi connectivity index (χ4v) is 3.34. The number of aromatic nitrogens is 1. The smallest absolute Gasteiger partial charge is 0.288 e. The Balaban J connectivity index is 1.71. The van der Waals surface area contributed by atoms with Crippen LogP contribution in [0.2, 0.25) is 0 Å². The Labute approximate surface area is 185 Å². The van der Waals surface area contributed by atoms with Gasteiger partial charge in [0.15, 0.2) is 0 Å². The maximum absolute atomic E-state index is 12.9. The molecule has 0 bridgehead atoms. The van der Waals surface area contributed by atoms with E-state index in [0.29, 0.717) is 22.0 Å². The molecule has 3 aromatic carbocycles. The number of hydrogen-bond acceptors (Lipinski definition) is 7. The third kappa shape index (κ3) is 4.23. The van der Waals surface area contributed by atoms with E-state index < -0.39 is 15.8 Å². The van der Waals surface area contributed by atoms with Crippen molar-refractivity contribution in [1.29, 1.82) is 0 Å².